The molecule has 0 radical (unpaired) electrons. The average molecular weight is 273 g/mol. The largest absolute Gasteiger partial charge is 0.394 e. The third kappa shape index (κ3) is 2.05. The van der Waals surface area contributed by atoms with Crippen molar-refractivity contribution >= 4 is 17.2 Å². The predicted molar refractivity (Wildman–Crippen MR) is 76.7 cm³/mol. The molecule has 2 aromatic rings. The van der Waals surface area contributed by atoms with E-state index >= 15 is 0 Å². The van der Waals surface area contributed by atoms with Gasteiger partial charge in [0.05, 0.1) is 18.2 Å². The Bertz CT molecular complexity index is 607. The SMILES string of the molecule is CCC1CC(n2cc(C=O)c3ccccc32)OC1CO. The van der Waals surface area contributed by atoms with E-state index in [0.717, 1.165) is 30.0 Å². The fraction of sp³-hybridized carbons (Fsp3) is 0.438. The van der Waals surface area contributed by atoms with Crippen LogP contribution in [0.15, 0.2) is 30.5 Å². The maximum Gasteiger partial charge on any atom is 0.152 e. The molecular weight excluding hydrogens is 254 g/mol. The zero-order valence-corrected chi connectivity index (χ0v) is 11.5. The summed E-state index contributed by atoms with van der Waals surface area (Å²) in [5.41, 5.74) is 1.69. The van der Waals surface area contributed by atoms with Gasteiger partial charge in [0.1, 0.15) is 6.23 Å². The van der Waals surface area contributed by atoms with E-state index < -0.39 is 0 Å². The molecule has 0 saturated carbocycles. The van der Waals surface area contributed by atoms with Gasteiger partial charge >= 0.3 is 0 Å². The van der Waals surface area contributed by atoms with Gasteiger partial charge in [-0.3, -0.25) is 4.79 Å². The number of benzene rings is 1. The Morgan fingerprint density at radius 1 is 1.45 bits per heavy atom. The number of carbonyl (C=O) groups is 1. The first-order valence-corrected chi connectivity index (χ1v) is 7.09. The van der Waals surface area contributed by atoms with Crippen LogP contribution in [-0.2, 0) is 4.74 Å². The van der Waals surface area contributed by atoms with Crippen molar-refractivity contribution in [2.75, 3.05) is 6.61 Å². The first-order chi connectivity index (χ1) is 9.78. The summed E-state index contributed by atoms with van der Waals surface area (Å²) in [6, 6.07) is 7.84. The summed E-state index contributed by atoms with van der Waals surface area (Å²) in [6.07, 6.45) is 4.39. The molecule has 4 nitrogen and oxygen atoms in total. The number of hydrogen-bond acceptors (Lipinski definition) is 3. The molecular formula is C16H19NO3. The van der Waals surface area contributed by atoms with Crippen LogP contribution in [0.1, 0.15) is 36.4 Å². The van der Waals surface area contributed by atoms with Crippen molar-refractivity contribution in [1.29, 1.82) is 0 Å². The van der Waals surface area contributed by atoms with Gasteiger partial charge < -0.3 is 14.4 Å². The summed E-state index contributed by atoms with van der Waals surface area (Å²) in [7, 11) is 0. The Kier molecular flexibility index (Phi) is 3.59. The zero-order valence-electron chi connectivity index (χ0n) is 11.5. The molecule has 0 bridgehead atoms. The van der Waals surface area contributed by atoms with Crippen LogP contribution in [0.3, 0.4) is 0 Å². The van der Waals surface area contributed by atoms with Crippen molar-refractivity contribution in [3.63, 3.8) is 0 Å². The van der Waals surface area contributed by atoms with Crippen LogP contribution in [-0.4, -0.2) is 28.7 Å². The van der Waals surface area contributed by atoms with Crippen LogP contribution in [0.25, 0.3) is 10.9 Å². The average Bonchev–Trinajstić information content (AvgIpc) is 3.07. The number of aliphatic hydroxyl groups is 1. The van der Waals surface area contributed by atoms with E-state index in [1.807, 2.05) is 35.0 Å². The molecule has 1 N–H and O–H groups in total. The van der Waals surface area contributed by atoms with Gasteiger partial charge in [-0.25, -0.2) is 0 Å². The third-order valence-electron chi connectivity index (χ3n) is 4.27. The number of aldehydes is 1. The number of rotatable bonds is 4. The van der Waals surface area contributed by atoms with Gasteiger partial charge in [-0.15, -0.1) is 0 Å². The maximum absolute atomic E-state index is 11.2. The van der Waals surface area contributed by atoms with Crippen molar-refractivity contribution in [1.82, 2.24) is 4.57 Å². The van der Waals surface area contributed by atoms with Crippen molar-refractivity contribution in [2.24, 2.45) is 5.92 Å². The highest BCUT2D eigenvalue weighted by atomic mass is 16.5. The second-order valence-corrected chi connectivity index (χ2v) is 5.34. The third-order valence-corrected chi connectivity index (χ3v) is 4.27. The Labute approximate surface area is 118 Å². The van der Waals surface area contributed by atoms with E-state index in [2.05, 4.69) is 6.92 Å². The second kappa shape index (κ2) is 5.38. The highest BCUT2D eigenvalue weighted by Gasteiger charge is 2.35. The summed E-state index contributed by atoms with van der Waals surface area (Å²) < 4.78 is 7.99. The molecule has 1 aliphatic heterocycles. The maximum atomic E-state index is 11.2. The zero-order chi connectivity index (χ0) is 14.1. The van der Waals surface area contributed by atoms with Crippen LogP contribution in [0, 0.1) is 5.92 Å². The molecule has 1 aromatic heterocycles. The van der Waals surface area contributed by atoms with Crippen molar-refractivity contribution in [3.8, 4) is 0 Å². The fourth-order valence-electron chi connectivity index (χ4n) is 3.14. The van der Waals surface area contributed by atoms with Gasteiger partial charge in [0.25, 0.3) is 0 Å². The van der Waals surface area contributed by atoms with Gasteiger partial charge in [0.2, 0.25) is 0 Å². The molecule has 1 fully saturated rings. The lowest BCUT2D eigenvalue weighted by Gasteiger charge is -2.15. The van der Waals surface area contributed by atoms with Gasteiger partial charge in [-0.05, 0) is 18.4 Å². The van der Waals surface area contributed by atoms with Gasteiger partial charge in [-0.2, -0.15) is 0 Å². The first kappa shape index (κ1) is 13.3. The highest BCUT2D eigenvalue weighted by Crippen LogP contribution is 2.37. The minimum atomic E-state index is -0.106. The lowest BCUT2D eigenvalue weighted by molar-refractivity contribution is -0.0289. The molecule has 0 amide bonds. The van der Waals surface area contributed by atoms with Gasteiger partial charge in [0.15, 0.2) is 6.29 Å². The normalized spacial score (nSPS) is 26.2. The van der Waals surface area contributed by atoms with Crippen LogP contribution >= 0.6 is 0 Å². The lowest BCUT2D eigenvalue weighted by Crippen LogP contribution is -2.19. The lowest BCUT2D eigenvalue weighted by atomic mass is 9.98. The predicted octanol–water partition coefficient (Wildman–Crippen LogP) is 2.76. The molecule has 0 aliphatic carbocycles. The topological polar surface area (TPSA) is 51.5 Å². The Hall–Kier alpha value is -1.65. The molecule has 20 heavy (non-hydrogen) atoms. The highest BCUT2D eigenvalue weighted by molar-refractivity contribution is 5.97. The van der Waals surface area contributed by atoms with E-state index in [9.17, 15) is 9.90 Å². The van der Waals surface area contributed by atoms with Crippen LogP contribution in [0.2, 0.25) is 0 Å². The van der Waals surface area contributed by atoms with E-state index in [1.54, 1.807) is 0 Å². The Morgan fingerprint density at radius 2 is 2.25 bits per heavy atom. The number of nitrogens with zero attached hydrogens (tertiary/aromatic N) is 1. The molecule has 1 aliphatic rings. The molecule has 2 heterocycles. The van der Waals surface area contributed by atoms with E-state index in [0.29, 0.717) is 11.5 Å². The summed E-state index contributed by atoms with van der Waals surface area (Å²) >= 11 is 0. The minimum absolute atomic E-state index is 0.0503. The Balaban J connectivity index is 2.01. The van der Waals surface area contributed by atoms with Gasteiger partial charge in [-0.1, -0.05) is 31.5 Å². The number of para-hydroxylation sites is 1. The quantitative estimate of drug-likeness (QED) is 0.871. The molecule has 3 atom stereocenters. The van der Waals surface area contributed by atoms with Crippen molar-refractivity contribution in [2.45, 2.75) is 32.1 Å². The number of fused-ring (bicyclic) bond motifs is 1. The number of hydrogen-bond donors (Lipinski definition) is 1. The number of ether oxygens (including phenoxy) is 1. The van der Waals surface area contributed by atoms with E-state index in [4.69, 9.17) is 4.74 Å². The molecule has 1 aromatic carbocycles. The molecule has 106 valence electrons. The van der Waals surface area contributed by atoms with Crippen molar-refractivity contribution < 1.29 is 14.6 Å². The monoisotopic (exact) mass is 273 g/mol. The second-order valence-electron chi connectivity index (χ2n) is 5.34. The van der Waals surface area contributed by atoms with Crippen molar-refractivity contribution in [3.05, 3.63) is 36.0 Å². The molecule has 1 saturated heterocycles. The number of carbonyl (C=O) groups excluding carboxylic acids is 1. The molecule has 4 heteroatoms. The summed E-state index contributed by atoms with van der Waals surface area (Å²) in [5, 5.41) is 10.4. The van der Waals surface area contributed by atoms with E-state index in [1.165, 1.54) is 0 Å². The minimum Gasteiger partial charge on any atom is -0.394 e. The summed E-state index contributed by atoms with van der Waals surface area (Å²) in [4.78, 5) is 11.2. The van der Waals surface area contributed by atoms with E-state index in [-0.39, 0.29) is 18.9 Å². The van der Waals surface area contributed by atoms with Crippen LogP contribution < -0.4 is 0 Å². The molecule has 0 spiro atoms. The molecule has 3 unspecified atom stereocenters. The fourth-order valence-corrected chi connectivity index (χ4v) is 3.14. The first-order valence-electron chi connectivity index (χ1n) is 7.09. The number of aromatic nitrogens is 1. The van der Waals surface area contributed by atoms with Crippen LogP contribution in [0.5, 0.6) is 0 Å². The number of aliphatic hydroxyl groups excluding tert-OH is 1. The standard InChI is InChI=1S/C16H19NO3/c1-2-11-7-16(20-15(11)10-19)17-8-12(9-18)13-5-3-4-6-14(13)17/h3-6,8-9,11,15-16,19H,2,7,10H2,1H3. The molecule has 3 rings (SSSR count). The van der Waals surface area contributed by atoms with Crippen LogP contribution in [0.4, 0.5) is 0 Å². The smallest absolute Gasteiger partial charge is 0.152 e. The Morgan fingerprint density at radius 3 is 2.90 bits per heavy atom. The summed E-state index contributed by atoms with van der Waals surface area (Å²) in [5.74, 6) is 0.367. The summed E-state index contributed by atoms with van der Waals surface area (Å²) in [6.45, 7) is 2.17. The van der Waals surface area contributed by atoms with Gasteiger partial charge in [0, 0.05) is 17.1 Å².